The molecular formula is C7H14INO4S. The van der Waals surface area contributed by atoms with Crippen molar-refractivity contribution in [2.24, 2.45) is 0 Å². The van der Waals surface area contributed by atoms with E-state index in [1.54, 1.807) is 6.92 Å². The number of halogens is 1. The summed E-state index contributed by atoms with van der Waals surface area (Å²) in [6.45, 7) is 1.86. The average Bonchev–Trinajstić information content (AvgIpc) is 2.13. The highest BCUT2D eigenvalue weighted by atomic mass is 127. The second kappa shape index (κ2) is 6.57. The molecule has 1 unspecified atom stereocenters. The summed E-state index contributed by atoms with van der Waals surface area (Å²) in [4.78, 5) is 10.9. The van der Waals surface area contributed by atoms with Crippen LogP contribution in [0.2, 0.25) is 0 Å². The molecule has 0 aliphatic heterocycles. The lowest BCUT2D eigenvalue weighted by Gasteiger charge is -2.09. The molecule has 1 N–H and O–H groups in total. The second-order valence-corrected chi connectivity index (χ2v) is 6.09. The summed E-state index contributed by atoms with van der Waals surface area (Å²) in [6, 6.07) is 0. The summed E-state index contributed by atoms with van der Waals surface area (Å²) in [7, 11) is -1.96. The van der Waals surface area contributed by atoms with Gasteiger partial charge in [-0.2, -0.15) is 0 Å². The molecule has 0 saturated carbocycles. The number of hydrogen-bond acceptors (Lipinski definition) is 4. The van der Waals surface area contributed by atoms with Gasteiger partial charge in [0.2, 0.25) is 10.0 Å². The molecular weight excluding hydrogens is 321 g/mol. The molecule has 0 rings (SSSR count). The standard InChI is InChI=1S/C7H14INO4S/c1-3-4-14(11,12)9-5-6(8)7(10)13-2/h6,9H,3-5H2,1-2H3. The summed E-state index contributed by atoms with van der Waals surface area (Å²) in [6.07, 6.45) is 0.555. The van der Waals surface area contributed by atoms with E-state index in [0.29, 0.717) is 6.42 Å². The van der Waals surface area contributed by atoms with E-state index >= 15 is 0 Å². The van der Waals surface area contributed by atoms with Crippen molar-refractivity contribution in [3.63, 3.8) is 0 Å². The predicted octanol–water partition coefficient (Wildman–Crippen LogP) is 0.292. The van der Waals surface area contributed by atoms with E-state index in [2.05, 4.69) is 9.46 Å². The molecule has 0 fully saturated rings. The Morgan fingerprint density at radius 3 is 2.57 bits per heavy atom. The Labute approximate surface area is 97.8 Å². The first kappa shape index (κ1) is 14.1. The van der Waals surface area contributed by atoms with Crippen LogP contribution in [0.4, 0.5) is 0 Å². The fraction of sp³-hybridized carbons (Fsp3) is 0.857. The van der Waals surface area contributed by atoms with Crippen LogP contribution in [0.15, 0.2) is 0 Å². The number of alkyl halides is 1. The number of carbonyl (C=O) groups is 1. The molecule has 7 heteroatoms. The first-order chi connectivity index (χ1) is 6.43. The van der Waals surface area contributed by atoms with Gasteiger partial charge in [0, 0.05) is 6.54 Å². The van der Waals surface area contributed by atoms with Crippen molar-refractivity contribution in [3.8, 4) is 0 Å². The van der Waals surface area contributed by atoms with E-state index in [-0.39, 0.29) is 12.3 Å². The van der Waals surface area contributed by atoms with Crippen LogP contribution in [0.5, 0.6) is 0 Å². The van der Waals surface area contributed by atoms with Gasteiger partial charge in [0.25, 0.3) is 0 Å². The molecule has 1 atom stereocenters. The summed E-state index contributed by atoms with van der Waals surface area (Å²) in [5.74, 6) is -0.345. The van der Waals surface area contributed by atoms with Gasteiger partial charge >= 0.3 is 5.97 Å². The topological polar surface area (TPSA) is 72.5 Å². The first-order valence-electron chi connectivity index (χ1n) is 4.12. The van der Waals surface area contributed by atoms with Crippen molar-refractivity contribution in [2.45, 2.75) is 17.3 Å². The molecule has 5 nitrogen and oxygen atoms in total. The molecule has 0 aliphatic carbocycles. The van der Waals surface area contributed by atoms with Gasteiger partial charge in [-0.05, 0) is 6.42 Å². The highest BCUT2D eigenvalue weighted by Gasteiger charge is 2.17. The van der Waals surface area contributed by atoms with E-state index in [1.165, 1.54) is 7.11 Å². The number of carbonyl (C=O) groups excluding carboxylic acids is 1. The summed E-state index contributed by atoms with van der Waals surface area (Å²) in [5, 5.41) is 0. The molecule has 0 radical (unpaired) electrons. The Morgan fingerprint density at radius 1 is 1.57 bits per heavy atom. The van der Waals surface area contributed by atoms with Crippen molar-refractivity contribution < 1.29 is 17.9 Å². The zero-order valence-electron chi connectivity index (χ0n) is 8.12. The van der Waals surface area contributed by atoms with Crippen LogP contribution in [-0.4, -0.2) is 37.7 Å². The van der Waals surface area contributed by atoms with Crippen LogP contribution >= 0.6 is 22.6 Å². The smallest absolute Gasteiger partial charge is 0.319 e. The maximum Gasteiger partial charge on any atom is 0.319 e. The zero-order valence-corrected chi connectivity index (χ0v) is 11.1. The minimum absolute atomic E-state index is 0.0789. The Balaban J connectivity index is 4.00. The largest absolute Gasteiger partial charge is 0.468 e. The lowest BCUT2D eigenvalue weighted by atomic mass is 10.4. The van der Waals surface area contributed by atoms with E-state index in [9.17, 15) is 13.2 Å². The number of nitrogens with one attached hydrogen (secondary N) is 1. The van der Waals surface area contributed by atoms with Crippen LogP contribution in [0, 0.1) is 0 Å². The minimum Gasteiger partial charge on any atom is -0.468 e. The molecule has 0 saturated heterocycles. The monoisotopic (exact) mass is 335 g/mol. The van der Waals surface area contributed by atoms with Crippen LogP contribution in [-0.2, 0) is 19.6 Å². The van der Waals surface area contributed by atoms with Gasteiger partial charge in [0.05, 0.1) is 12.9 Å². The molecule has 14 heavy (non-hydrogen) atoms. The van der Waals surface area contributed by atoms with Crippen LogP contribution in [0.3, 0.4) is 0 Å². The number of esters is 1. The van der Waals surface area contributed by atoms with Gasteiger partial charge < -0.3 is 4.74 Å². The van der Waals surface area contributed by atoms with Crippen LogP contribution < -0.4 is 4.72 Å². The molecule has 0 aliphatic rings. The third-order valence-corrected chi connectivity index (χ3v) is 3.91. The number of hydrogen-bond donors (Lipinski definition) is 1. The van der Waals surface area contributed by atoms with Gasteiger partial charge in [-0.15, -0.1) is 0 Å². The average molecular weight is 335 g/mol. The number of ether oxygens (including phenoxy) is 1. The maximum absolute atomic E-state index is 11.2. The van der Waals surface area contributed by atoms with Gasteiger partial charge in [0.15, 0.2) is 0 Å². The zero-order chi connectivity index (χ0) is 11.2. The Hall–Kier alpha value is 0.110. The highest BCUT2D eigenvalue weighted by molar-refractivity contribution is 14.1. The normalized spacial score (nSPS) is 13.6. The van der Waals surface area contributed by atoms with Gasteiger partial charge in [0.1, 0.15) is 3.92 Å². The van der Waals surface area contributed by atoms with E-state index in [1.807, 2.05) is 22.6 Å². The molecule has 0 aromatic rings. The Kier molecular flexibility index (Phi) is 6.62. The number of rotatable bonds is 6. The maximum atomic E-state index is 11.2. The van der Waals surface area contributed by atoms with Crippen molar-refractivity contribution in [1.29, 1.82) is 0 Å². The van der Waals surface area contributed by atoms with Gasteiger partial charge in [-0.3, -0.25) is 4.79 Å². The third-order valence-electron chi connectivity index (χ3n) is 1.41. The minimum atomic E-state index is -3.23. The van der Waals surface area contributed by atoms with E-state index in [4.69, 9.17) is 0 Å². The lowest BCUT2D eigenvalue weighted by Crippen LogP contribution is -2.35. The van der Waals surface area contributed by atoms with Crippen molar-refractivity contribution in [1.82, 2.24) is 4.72 Å². The molecule has 84 valence electrons. The van der Waals surface area contributed by atoms with Gasteiger partial charge in [-0.25, -0.2) is 13.1 Å². The third kappa shape index (κ3) is 5.76. The molecule has 0 aromatic heterocycles. The van der Waals surface area contributed by atoms with Crippen LogP contribution in [0.1, 0.15) is 13.3 Å². The second-order valence-electron chi connectivity index (χ2n) is 2.66. The van der Waals surface area contributed by atoms with Crippen LogP contribution in [0.25, 0.3) is 0 Å². The van der Waals surface area contributed by atoms with E-state index < -0.39 is 19.9 Å². The Morgan fingerprint density at radius 2 is 2.14 bits per heavy atom. The quantitative estimate of drug-likeness (QED) is 0.430. The highest BCUT2D eigenvalue weighted by Crippen LogP contribution is 2.02. The Bertz CT molecular complexity index is 277. The molecule has 0 bridgehead atoms. The van der Waals surface area contributed by atoms with E-state index in [0.717, 1.165) is 0 Å². The summed E-state index contributed by atoms with van der Waals surface area (Å²) in [5.41, 5.74) is 0. The number of methoxy groups -OCH3 is 1. The number of sulfonamides is 1. The molecule has 0 heterocycles. The molecule has 0 aromatic carbocycles. The predicted molar refractivity (Wildman–Crippen MR) is 61.9 cm³/mol. The van der Waals surface area contributed by atoms with Crippen molar-refractivity contribution in [3.05, 3.63) is 0 Å². The molecule has 0 amide bonds. The lowest BCUT2D eigenvalue weighted by molar-refractivity contribution is -0.139. The fourth-order valence-electron chi connectivity index (χ4n) is 0.752. The van der Waals surface area contributed by atoms with Crippen molar-refractivity contribution in [2.75, 3.05) is 19.4 Å². The van der Waals surface area contributed by atoms with Crippen molar-refractivity contribution >= 4 is 38.6 Å². The fourth-order valence-corrected chi connectivity index (χ4v) is 2.63. The van der Waals surface area contributed by atoms with Gasteiger partial charge in [-0.1, -0.05) is 29.5 Å². The summed E-state index contributed by atoms with van der Waals surface area (Å²) < 4.78 is 28.7. The SMILES string of the molecule is CCCS(=O)(=O)NCC(I)C(=O)OC. The molecule has 0 spiro atoms. The summed E-state index contributed by atoms with van der Waals surface area (Å²) >= 11 is 1.83. The first-order valence-corrected chi connectivity index (χ1v) is 7.02.